The molecule has 0 saturated carbocycles. The maximum Gasteiger partial charge on any atom is 0.169 e. The third kappa shape index (κ3) is 3.94. The summed E-state index contributed by atoms with van der Waals surface area (Å²) >= 11 is 0. The van der Waals surface area contributed by atoms with E-state index in [1.807, 2.05) is 0 Å². The zero-order valence-electron chi connectivity index (χ0n) is 12.8. The fourth-order valence-corrected chi connectivity index (χ4v) is 2.01. The van der Waals surface area contributed by atoms with Crippen molar-refractivity contribution < 1.29 is 0 Å². The van der Waals surface area contributed by atoms with Crippen molar-refractivity contribution in [2.75, 3.05) is 49.7 Å². The minimum absolute atomic E-state index is 0.0897. The predicted molar refractivity (Wildman–Crippen MR) is 82.5 cm³/mol. The highest BCUT2D eigenvalue weighted by Crippen LogP contribution is 2.25. The molecule has 1 aromatic heterocycles. The molecule has 1 fully saturated rings. The molecule has 0 atom stereocenters. The van der Waals surface area contributed by atoms with Crippen LogP contribution in [0.4, 0.5) is 17.3 Å². The van der Waals surface area contributed by atoms with E-state index in [-0.39, 0.29) is 5.54 Å². The molecule has 0 aromatic carbocycles. The Hall–Kier alpha value is -1.60. The number of rotatable bonds is 3. The van der Waals surface area contributed by atoms with Crippen LogP contribution in [0.15, 0.2) is 6.33 Å². The number of piperazine rings is 1. The van der Waals surface area contributed by atoms with Gasteiger partial charge in [-0.05, 0) is 27.8 Å². The van der Waals surface area contributed by atoms with Gasteiger partial charge in [0.15, 0.2) is 11.6 Å². The van der Waals surface area contributed by atoms with Crippen molar-refractivity contribution in [1.29, 1.82) is 0 Å². The first-order valence-electron chi connectivity index (χ1n) is 6.94. The Balaban J connectivity index is 2.07. The Kier molecular flexibility index (Phi) is 4.29. The minimum atomic E-state index is -0.0897. The molecule has 2 rings (SSSR count). The number of nitrogens with zero attached hydrogens (tertiary/aromatic N) is 4. The summed E-state index contributed by atoms with van der Waals surface area (Å²) in [5.74, 6) is 1.33. The molecule has 1 aliphatic rings. The van der Waals surface area contributed by atoms with Crippen molar-refractivity contribution in [3.63, 3.8) is 0 Å². The molecule has 112 valence electrons. The molecule has 4 N–H and O–H groups in total. The number of aromatic nitrogens is 2. The molecular weight excluding hydrogens is 254 g/mol. The lowest BCUT2D eigenvalue weighted by molar-refractivity contribution is 0.178. The Morgan fingerprint density at radius 1 is 1.10 bits per heavy atom. The van der Waals surface area contributed by atoms with Crippen molar-refractivity contribution in [2.45, 2.75) is 26.3 Å². The van der Waals surface area contributed by atoms with Crippen LogP contribution in [0.25, 0.3) is 0 Å². The molecule has 20 heavy (non-hydrogen) atoms. The van der Waals surface area contributed by atoms with Gasteiger partial charge in [-0.1, -0.05) is 0 Å². The molecule has 1 aromatic rings. The van der Waals surface area contributed by atoms with Crippen LogP contribution < -0.4 is 16.5 Å². The van der Waals surface area contributed by atoms with Crippen LogP contribution in [0.2, 0.25) is 0 Å². The number of nitrogen functional groups attached to an aromatic ring is 1. The second-order valence-corrected chi connectivity index (χ2v) is 6.26. The average Bonchev–Trinajstić information content (AvgIpc) is 2.35. The maximum absolute atomic E-state index is 6.15. The van der Waals surface area contributed by atoms with Gasteiger partial charge in [0, 0.05) is 31.7 Å². The molecule has 0 radical (unpaired) electrons. The fourth-order valence-electron chi connectivity index (χ4n) is 2.01. The lowest BCUT2D eigenvalue weighted by Gasteiger charge is -2.33. The van der Waals surface area contributed by atoms with Gasteiger partial charge < -0.3 is 21.4 Å². The second-order valence-electron chi connectivity index (χ2n) is 6.26. The summed E-state index contributed by atoms with van der Waals surface area (Å²) in [5, 5.41) is 5.43. The summed E-state index contributed by atoms with van der Waals surface area (Å²) in [4.78, 5) is 10.8. The number of hydrazine groups is 1. The van der Waals surface area contributed by atoms with E-state index in [4.69, 9.17) is 5.73 Å². The third-order valence-electron chi connectivity index (χ3n) is 3.14. The summed E-state index contributed by atoms with van der Waals surface area (Å²) in [6.45, 7) is 10.2. The zero-order valence-corrected chi connectivity index (χ0v) is 12.8. The SMILES string of the molecule is CN1CCN(Nc2ncnc(NC(C)(C)C)c2N)CC1. The highest BCUT2D eigenvalue weighted by molar-refractivity contribution is 5.74. The molecule has 0 aliphatic carbocycles. The van der Waals surface area contributed by atoms with E-state index in [9.17, 15) is 0 Å². The number of nitrogens with two attached hydrogens (primary N) is 1. The number of hydrogen-bond acceptors (Lipinski definition) is 7. The molecule has 7 nitrogen and oxygen atoms in total. The molecule has 1 aliphatic heterocycles. The van der Waals surface area contributed by atoms with Gasteiger partial charge in [0.2, 0.25) is 0 Å². The Bertz CT molecular complexity index is 447. The zero-order chi connectivity index (χ0) is 14.8. The van der Waals surface area contributed by atoms with Gasteiger partial charge in [0.25, 0.3) is 0 Å². The van der Waals surface area contributed by atoms with Gasteiger partial charge >= 0.3 is 0 Å². The van der Waals surface area contributed by atoms with Crippen molar-refractivity contribution in [3.05, 3.63) is 6.33 Å². The monoisotopic (exact) mass is 279 g/mol. The molecule has 2 heterocycles. The first kappa shape index (κ1) is 14.8. The molecule has 0 bridgehead atoms. The van der Waals surface area contributed by atoms with Gasteiger partial charge in [-0.15, -0.1) is 0 Å². The van der Waals surface area contributed by atoms with E-state index >= 15 is 0 Å². The van der Waals surface area contributed by atoms with Crippen LogP contribution in [0, 0.1) is 0 Å². The van der Waals surface area contributed by atoms with Gasteiger partial charge in [0.1, 0.15) is 12.0 Å². The molecule has 0 unspecified atom stereocenters. The first-order valence-corrected chi connectivity index (χ1v) is 6.94. The average molecular weight is 279 g/mol. The topological polar surface area (TPSA) is 82.3 Å². The van der Waals surface area contributed by atoms with Gasteiger partial charge in [-0.25, -0.2) is 15.0 Å². The summed E-state index contributed by atoms with van der Waals surface area (Å²) in [5.41, 5.74) is 9.90. The number of anilines is 3. The summed E-state index contributed by atoms with van der Waals surface area (Å²) in [6.07, 6.45) is 1.53. The van der Waals surface area contributed by atoms with Crippen LogP contribution in [-0.2, 0) is 0 Å². The van der Waals surface area contributed by atoms with E-state index in [0.29, 0.717) is 17.3 Å². The normalized spacial score (nSPS) is 18.0. The summed E-state index contributed by atoms with van der Waals surface area (Å²) in [7, 11) is 2.13. The maximum atomic E-state index is 6.15. The molecular formula is C13H25N7. The Morgan fingerprint density at radius 3 is 2.30 bits per heavy atom. The predicted octanol–water partition coefficient (Wildman–Crippen LogP) is 0.844. The van der Waals surface area contributed by atoms with E-state index < -0.39 is 0 Å². The van der Waals surface area contributed by atoms with Crippen LogP contribution in [-0.4, -0.2) is 58.6 Å². The molecule has 0 amide bonds. The van der Waals surface area contributed by atoms with Crippen LogP contribution >= 0.6 is 0 Å². The molecule has 0 spiro atoms. The fraction of sp³-hybridized carbons (Fsp3) is 0.692. The van der Waals surface area contributed by atoms with Crippen molar-refractivity contribution >= 4 is 17.3 Å². The molecule has 7 heteroatoms. The Morgan fingerprint density at radius 2 is 1.70 bits per heavy atom. The van der Waals surface area contributed by atoms with Crippen LogP contribution in [0.3, 0.4) is 0 Å². The summed E-state index contributed by atoms with van der Waals surface area (Å²) < 4.78 is 0. The van der Waals surface area contributed by atoms with E-state index in [0.717, 1.165) is 26.2 Å². The minimum Gasteiger partial charge on any atom is -0.393 e. The van der Waals surface area contributed by atoms with Crippen molar-refractivity contribution in [2.24, 2.45) is 0 Å². The third-order valence-corrected chi connectivity index (χ3v) is 3.14. The number of hydrogen-bond donors (Lipinski definition) is 3. The van der Waals surface area contributed by atoms with E-state index in [1.54, 1.807) is 0 Å². The summed E-state index contributed by atoms with van der Waals surface area (Å²) in [6, 6.07) is 0. The van der Waals surface area contributed by atoms with Gasteiger partial charge in [0.05, 0.1) is 0 Å². The standard InChI is InChI=1S/C13H25N7/c1-13(2,3)17-11-10(14)12(16-9-15-11)18-20-7-5-19(4)6-8-20/h9H,5-8,14H2,1-4H3,(H2,15,16,17,18). The lowest BCUT2D eigenvalue weighted by Crippen LogP contribution is -2.47. The second kappa shape index (κ2) is 5.80. The van der Waals surface area contributed by atoms with Crippen LogP contribution in [0.5, 0.6) is 0 Å². The number of likely N-dealkylation sites (N-methyl/N-ethyl adjacent to an activating group) is 1. The van der Waals surface area contributed by atoms with E-state index in [1.165, 1.54) is 6.33 Å². The smallest absolute Gasteiger partial charge is 0.169 e. The number of nitrogens with one attached hydrogen (secondary N) is 2. The van der Waals surface area contributed by atoms with Gasteiger partial charge in [-0.3, -0.25) is 0 Å². The van der Waals surface area contributed by atoms with Crippen molar-refractivity contribution in [1.82, 2.24) is 19.9 Å². The molecule has 1 saturated heterocycles. The van der Waals surface area contributed by atoms with Gasteiger partial charge in [-0.2, -0.15) is 0 Å². The highest BCUT2D eigenvalue weighted by atomic mass is 15.5. The van der Waals surface area contributed by atoms with E-state index in [2.05, 4.69) is 58.4 Å². The largest absolute Gasteiger partial charge is 0.393 e. The van der Waals surface area contributed by atoms with Crippen molar-refractivity contribution in [3.8, 4) is 0 Å². The first-order chi connectivity index (χ1) is 9.35. The quantitative estimate of drug-likeness (QED) is 0.756. The Labute approximate surface area is 120 Å². The van der Waals surface area contributed by atoms with Crippen LogP contribution in [0.1, 0.15) is 20.8 Å². The lowest BCUT2D eigenvalue weighted by atomic mass is 10.1. The highest BCUT2D eigenvalue weighted by Gasteiger charge is 2.18.